The number of hydrogen-bond acceptors (Lipinski definition) is 5. The van der Waals surface area contributed by atoms with E-state index in [0.717, 1.165) is 18.8 Å². The average molecular weight is 272 g/mol. The van der Waals surface area contributed by atoms with Gasteiger partial charge in [-0.1, -0.05) is 0 Å². The highest BCUT2D eigenvalue weighted by Crippen LogP contribution is 2.47. The second-order valence-corrected chi connectivity index (χ2v) is 5.88. The first-order chi connectivity index (χ1) is 9.18. The monoisotopic (exact) mass is 272 g/mol. The second kappa shape index (κ2) is 4.97. The summed E-state index contributed by atoms with van der Waals surface area (Å²) in [6.45, 7) is 0.528. The predicted octanol–water partition coefficient (Wildman–Crippen LogP) is 1.70. The zero-order valence-electron chi connectivity index (χ0n) is 12.0. The van der Waals surface area contributed by atoms with E-state index in [9.17, 15) is 0 Å². The standard InChI is InChI=1S/C14H24O5/c1-15-13(9-18-14(13,16-2)17-3)7-6-10-4-5-11-12(8-10)19-11/h10-12H,4-9H2,1-3H3. The van der Waals surface area contributed by atoms with Crippen molar-refractivity contribution in [3.05, 3.63) is 0 Å². The Morgan fingerprint density at radius 2 is 1.84 bits per heavy atom. The zero-order valence-corrected chi connectivity index (χ0v) is 12.0. The van der Waals surface area contributed by atoms with E-state index in [-0.39, 0.29) is 0 Å². The van der Waals surface area contributed by atoms with Gasteiger partial charge in [0.25, 0.3) is 0 Å². The maximum absolute atomic E-state index is 5.69. The molecule has 0 aromatic carbocycles. The maximum atomic E-state index is 5.69. The van der Waals surface area contributed by atoms with Crippen LogP contribution in [0.5, 0.6) is 0 Å². The first kappa shape index (κ1) is 13.8. The molecule has 1 saturated carbocycles. The predicted molar refractivity (Wildman–Crippen MR) is 67.7 cm³/mol. The fourth-order valence-corrected chi connectivity index (χ4v) is 3.62. The Kier molecular flexibility index (Phi) is 3.60. The molecule has 0 bridgehead atoms. The van der Waals surface area contributed by atoms with E-state index in [0.29, 0.717) is 18.8 Å². The quantitative estimate of drug-likeness (QED) is 0.544. The number of ether oxygens (including phenoxy) is 5. The van der Waals surface area contributed by atoms with Gasteiger partial charge >= 0.3 is 5.97 Å². The van der Waals surface area contributed by atoms with Crippen LogP contribution in [0.15, 0.2) is 0 Å². The van der Waals surface area contributed by atoms with E-state index in [1.165, 1.54) is 19.3 Å². The minimum absolute atomic E-state index is 0.474. The number of epoxide rings is 1. The van der Waals surface area contributed by atoms with Gasteiger partial charge in [-0.3, -0.25) is 0 Å². The highest BCUT2D eigenvalue weighted by molar-refractivity contribution is 5.00. The van der Waals surface area contributed by atoms with Gasteiger partial charge in [0.2, 0.25) is 0 Å². The summed E-state index contributed by atoms with van der Waals surface area (Å²) in [6, 6.07) is 0. The van der Waals surface area contributed by atoms with E-state index in [2.05, 4.69) is 0 Å². The van der Waals surface area contributed by atoms with Crippen molar-refractivity contribution in [2.45, 2.75) is 55.9 Å². The molecule has 0 amide bonds. The van der Waals surface area contributed by atoms with Crippen LogP contribution >= 0.6 is 0 Å². The summed E-state index contributed by atoms with van der Waals surface area (Å²) in [5.41, 5.74) is -0.474. The van der Waals surface area contributed by atoms with E-state index in [4.69, 9.17) is 23.7 Å². The van der Waals surface area contributed by atoms with E-state index < -0.39 is 11.6 Å². The van der Waals surface area contributed by atoms with Crippen LogP contribution < -0.4 is 0 Å². The molecule has 0 aromatic rings. The molecule has 2 aliphatic heterocycles. The molecule has 3 rings (SSSR count). The number of fused-ring (bicyclic) bond motifs is 1. The highest BCUT2D eigenvalue weighted by atomic mass is 16.9. The molecule has 4 atom stereocenters. The van der Waals surface area contributed by atoms with Crippen molar-refractivity contribution >= 4 is 0 Å². The van der Waals surface area contributed by atoms with Gasteiger partial charge in [-0.05, 0) is 38.0 Å². The van der Waals surface area contributed by atoms with Gasteiger partial charge in [0.15, 0.2) is 5.60 Å². The zero-order chi connectivity index (χ0) is 13.5. The van der Waals surface area contributed by atoms with Crippen molar-refractivity contribution in [2.24, 2.45) is 5.92 Å². The first-order valence-electron chi connectivity index (χ1n) is 7.13. The molecule has 3 fully saturated rings. The molecule has 3 aliphatic rings. The average Bonchev–Trinajstić information content (AvgIpc) is 3.19. The lowest BCUT2D eigenvalue weighted by atomic mass is 9.81. The summed E-state index contributed by atoms with van der Waals surface area (Å²) in [7, 11) is 4.90. The van der Waals surface area contributed by atoms with Crippen LogP contribution in [0, 0.1) is 5.92 Å². The fraction of sp³-hybridized carbons (Fsp3) is 1.00. The minimum atomic E-state index is -1.03. The molecular formula is C14H24O5. The molecule has 5 nitrogen and oxygen atoms in total. The number of rotatable bonds is 6. The van der Waals surface area contributed by atoms with Gasteiger partial charge < -0.3 is 23.7 Å². The van der Waals surface area contributed by atoms with Crippen molar-refractivity contribution in [1.29, 1.82) is 0 Å². The molecule has 2 heterocycles. The molecule has 5 heteroatoms. The Morgan fingerprint density at radius 3 is 2.37 bits per heavy atom. The Labute approximate surface area is 114 Å². The van der Waals surface area contributed by atoms with Crippen LogP contribution in [0.4, 0.5) is 0 Å². The minimum Gasteiger partial charge on any atom is -0.370 e. The van der Waals surface area contributed by atoms with E-state index >= 15 is 0 Å². The number of hydrogen-bond donors (Lipinski definition) is 0. The Hall–Kier alpha value is -0.200. The van der Waals surface area contributed by atoms with E-state index in [1.807, 2.05) is 0 Å². The molecule has 0 aromatic heterocycles. The fourth-order valence-electron chi connectivity index (χ4n) is 3.62. The molecular weight excluding hydrogens is 248 g/mol. The normalized spacial score (nSPS) is 43.4. The van der Waals surface area contributed by atoms with Crippen LogP contribution in [0.1, 0.15) is 32.1 Å². The van der Waals surface area contributed by atoms with Gasteiger partial charge in [0.1, 0.15) is 0 Å². The molecule has 0 radical (unpaired) electrons. The highest BCUT2D eigenvalue weighted by Gasteiger charge is 2.64. The van der Waals surface area contributed by atoms with Crippen LogP contribution in [0.25, 0.3) is 0 Å². The molecule has 2 saturated heterocycles. The summed E-state index contributed by atoms with van der Waals surface area (Å²) in [4.78, 5) is 0. The summed E-state index contributed by atoms with van der Waals surface area (Å²) < 4.78 is 27.6. The molecule has 0 spiro atoms. The van der Waals surface area contributed by atoms with Crippen molar-refractivity contribution in [3.63, 3.8) is 0 Å². The maximum Gasteiger partial charge on any atom is 0.315 e. The summed E-state index contributed by atoms with van der Waals surface area (Å²) >= 11 is 0. The lowest BCUT2D eigenvalue weighted by Gasteiger charge is -2.54. The van der Waals surface area contributed by atoms with E-state index in [1.54, 1.807) is 21.3 Å². The van der Waals surface area contributed by atoms with Gasteiger partial charge in [-0.15, -0.1) is 0 Å². The smallest absolute Gasteiger partial charge is 0.315 e. The Morgan fingerprint density at radius 1 is 1.05 bits per heavy atom. The second-order valence-electron chi connectivity index (χ2n) is 5.88. The van der Waals surface area contributed by atoms with Crippen molar-refractivity contribution < 1.29 is 23.7 Å². The lowest BCUT2D eigenvalue weighted by Crippen LogP contribution is -2.71. The SMILES string of the molecule is COC1(CCC2CCC3OC3C2)COC1(OC)OC. The summed E-state index contributed by atoms with van der Waals surface area (Å²) in [5, 5.41) is 0. The van der Waals surface area contributed by atoms with Crippen molar-refractivity contribution in [3.8, 4) is 0 Å². The molecule has 0 N–H and O–H groups in total. The molecule has 110 valence electrons. The molecule has 4 unspecified atom stereocenters. The third kappa shape index (κ3) is 2.12. The van der Waals surface area contributed by atoms with Gasteiger partial charge in [0, 0.05) is 21.3 Å². The topological polar surface area (TPSA) is 49.5 Å². The Balaban J connectivity index is 1.57. The lowest BCUT2D eigenvalue weighted by molar-refractivity contribution is -0.506. The third-order valence-corrected chi connectivity index (χ3v) is 5.05. The Bertz CT molecular complexity index is 320. The van der Waals surface area contributed by atoms with Crippen LogP contribution in [0.2, 0.25) is 0 Å². The van der Waals surface area contributed by atoms with Crippen LogP contribution in [0.3, 0.4) is 0 Å². The van der Waals surface area contributed by atoms with Crippen molar-refractivity contribution in [2.75, 3.05) is 27.9 Å². The molecule has 1 aliphatic carbocycles. The van der Waals surface area contributed by atoms with Crippen molar-refractivity contribution in [1.82, 2.24) is 0 Å². The van der Waals surface area contributed by atoms with Crippen LogP contribution in [-0.4, -0.2) is 51.7 Å². The van der Waals surface area contributed by atoms with Gasteiger partial charge in [-0.2, -0.15) is 0 Å². The number of methoxy groups -OCH3 is 3. The molecule has 19 heavy (non-hydrogen) atoms. The van der Waals surface area contributed by atoms with Gasteiger partial charge in [-0.25, -0.2) is 0 Å². The summed E-state index contributed by atoms with van der Waals surface area (Å²) in [6.07, 6.45) is 6.77. The third-order valence-electron chi connectivity index (χ3n) is 5.05. The van der Waals surface area contributed by atoms with Crippen LogP contribution in [-0.2, 0) is 23.7 Å². The largest absolute Gasteiger partial charge is 0.370 e. The van der Waals surface area contributed by atoms with Gasteiger partial charge in [0.05, 0.1) is 18.8 Å². The summed E-state index contributed by atoms with van der Waals surface area (Å²) in [5.74, 6) is -0.308. The first-order valence-corrected chi connectivity index (χ1v) is 7.13.